The van der Waals surface area contributed by atoms with Crippen LogP contribution in [0.4, 0.5) is 5.69 Å². The third-order valence-corrected chi connectivity index (χ3v) is 9.78. The van der Waals surface area contributed by atoms with Gasteiger partial charge in [0.15, 0.2) is 11.4 Å². The van der Waals surface area contributed by atoms with Crippen molar-refractivity contribution in [2.24, 2.45) is 23.5 Å². The molecule has 1 saturated carbocycles. The normalized spacial score (nSPS) is 28.1. The van der Waals surface area contributed by atoms with Crippen molar-refractivity contribution < 1.29 is 34.8 Å². The summed E-state index contributed by atoms with van der Waals surface area (Å²) in [6.07, 6.45) is 5.06. The Morgan fingerprint density at radius 1 is 1.12 bits per heavy atom. The quantitative estimate of drug-likeness (QED) is 0.257. The third kappa shape index (κ3) is 4.58. The smallest absolute Gasteiger partial charge is 0.255 e. The number of ketones is 2. The van der Waals surface area contributed by atoms with E-state index in [2.05, 4.69) is 5.32 Å². The first-order valence-corrected chi connectivity index (χ1v) is 14.7. The standard InChI is InChI=1S/C31H42N4O7/c1-34(2)20-14-16(7-5-6-15-8-10-33-11-9-15)25(36)22-18(20)12-17-13-19-24(35(3)4)27(38)23(30(32)41)29(40)31(19,42)28(39)21(17)26(22)37/h14-15,17,19,24,33,36-37,40,42H,5-13H2,1-4H3,(H2,32,41)/t17-,19-,24+,31-/m0/s1. The summed E-state index contributed by atoms with van der Waals surface area (Å²) < 4.78 is 0. The van der Waals surface area contributed by atoms with Crippen LogP contribution in [0.5, 0.6) is 5.75 Å². The molecule has 1 aromatic carbocycles. The number of aliphatic hydroxyl groups excluding tert-OH is 2. The molecule has 1 amide bonds. The number of phenolic OH excluding ortho intramolecular Hbond substituents is 1. The van der Waals surface area contributed by atoms with Crippen LogP contribution in [-0.4, -0.2) is 95.7 Å². The first-order valence-electron chi connectivity index (χ1n) is 14.7. The van der Waals surface area contributed by atoms with Crippen LogP contribution in [0.1, 0.15) is 48.8 Å². The minimum atomic E-state index is -2.64. The summed E-state index contributed by atoms with van der Waals surface area (Å²) >= 11 is 0. The van der Waals surface area contributed by atoms with E-state index < -0.39 is 58.0 Å². The van der Waals surface area contributed by atoms with Gasteiger partial charge in [0.1, 0.15) is 22.8 Å². The fourth-order valence-electron chi connectivity index (χ4n) is 7.69. The number of hydrogen-bond acceptors (Lipinski definition) is 10. The van der Waals surface area contributed by atoms with Crippen LogP contribution in [-0.2, 0) is 27.2 Å². The summed E-state index contributed by atoms with van der Waals surface area (Å²) in [6, 6.07) is 0.836. The molecule has 0 unspecified atom stereocenters. The van der Waals surface area contributed by atoms with Crippen LogP contribution >= 0.6 is 0 Å². The SMILES string of the molecule is CN(C)c1cc(CCCC2CCNCC2)c(O)c2c1C[C@H]1C[C@H]3[C@@H](N(C)C)C(=O)C(C(N)=O)=C(O)[C@@]3(O)C(=O)C1=C2O. The summed E-state index contributed by atoms with van der Waals surface area (Å²) in [5.41, 5.74) is 4.10. The first-order chi connectivity index (χ1) is 19.8. The minimum absolute atomic E-state index is 0.0669. The van der Waals surface area contributed by atoms with Gasteiger partial charge in [-0.15, -0.1) is 0 Å². The van der Waals surface area contributed by atoms with Crippen LogP contribution in [0.2, 0.25) is 0 Å². The van der Waals surface area contributed by atoms with Gasteiger partial charge in [-0.1, -0.05) is 6.42 Å². The van der Waals surface area contributed by atoms with Crippen molar-refractivity contribution in [3.05, 3.63) is 39.7 Å². The van der Waals surface area contributed by atoms with Crippen molar-refractivity contribution in [3.8, 4) is 5.75 Å². The zero-order valence-corrected chi connectivity index (χ0v) is 24.7. The highest BCUT2D eigenvalue weighted by molar-refractivity contribution is 6.24. The van der Waals surface area contributed by atoms with Gasteiger partial charge in [-0.05, 0) is 94.7 Å². The number of piperidine rings is 1. The molecule has 2 fully saturated rings. The zero-order chi connectivity index (χ0) is 30.7. The fourth-order valence-corrected chi connectivity index (χ4v) is 7.69. The Morgan fingerprint density at radius 2 is 1.79 bits per heavy atom. The van der Waals surface area contributed by atoms with Gasteiger partial charge in [0.05, 0.1) is 11.6 Å². The molecule has 0 spiro atoms. The second-order valence-corrected chi connectivity index (χ2v) is 12.7. The number of fused-ring (bicyclic) bond motifs is 3. The number of amides is 1. The van der Waals surface area contributed by atoms with Crippen molar-refractivity contribution in [1.29, 1.82) is 0 Å². The number of nitrogens with two attached hydrogens (primary N) is 1. The highest BCUT2D eigenvalue weighted by Gasteiger charge is 2.64. The number of carbonyl (C=O) groups excluding carboxylic acids is 3. The Hall–Kier alpha value is -3.41. The molecule has 42 heavy (non-hydrogen) atoms. The molecule has 1 aliphatic heterocycles. The number of rotatable bonds is 7. The molecule has 0 bridgehead atoms. The van der Waals surface area contributed by atoms with E-state index in [0.29, 0.717) is 23.5 Å². The van der Waals surface area contributed by atoms with Crippen molar-refractivity contribution in [1.82, 2.24) is 10.2 Å². The summed E-state index contributed by atoms with van der Waals surface area (Å²) in [5, 5.41) is 49.4. The maximum Gasteiger partial charge on any atom is 0.255 e. The molecular formula is C31H42N4O7. The molecule has 4 atom stereocenters. The molecule has 5 rings (SSSR count). The predicted molar refractivity (Wildman–Crippen MR) is 157 cm³/mol. The number of aromatic hydroxyl groups is 1. The summed E-state index contributed by atoms with van der Waals surface area (Å²) in [7, 11) is 6.93. The number of likely N-dealkylation sites (N-methyl/N-ethyl adjacent to an activating group) is 1. The maximum absolute atomic E-state index is 14.1. The number of benzene rings is 1. The number of primary amides is 1. The van der Waals surface area contributed by atoms with Gasteiger partial charge in [-0.2, -0.15) is 0 Å². The largest absolute Gasteiger partial charge is 0.508 e. The van der Waals surface area contributed by atoms with Gasteiger partial charge < -0.3 is 36.4 Å². The first kappa shape index (κ1) is 30.1. The van der Waals surface area contributed by atoms with Crippen LogP contribution in [0.25, 0.3) is 5.76 Å². The number of nitrogens with zero attached hydrogens (tertiary/aromatic N) is 2. The van der Waals surface area contributed by atoms with Crippen molar-refractivity contribution in [2.45, 2.75) is 56.6 Å². The average molecular weight is 583 g/mol. The van der Waals surface area contributed by atoms with Crippen molar-refractivity contribution in [2.75, 3.05) is 46.2 Å². The Labute approximate surface area is 245 Å². The Morgan fingerprint density at radius 3 is 2.38 bits per heavy atom. The third-order valence-electron chi connectivity index (χ3n) is 9.78. The lowest BCUT2D eigenvalue weighted by molar-refractivity contribution is -0.153. The number of Topliss-reactive ketones (excluding diaryl/α,β-unsaturated/α-hetero) is 2. The van der Waals surface area contributed by atoms with Crippen LogP contribution in [0.15, 0.2) is 23.0 Å². The monoisotopic (exact) mass is 582 g/mol. The summed E-state index contributed by atoms with van der Waals surface area (Å²) in [6.45, 7) is 2.02. The predicted octanol–water partition coefficient (Wildman–Crippen LogP) is 1.35. The van der Waals surface area contributed by atoms with Gasteiger partial charge in [0, 0.05) is 31.3 Å². The number of hydrogen-bond donors (Lipinski definition) is 6. The highest BCUT2D eigenvalue weighted by Crippen LogP contribution is 2.54. The molecule has 3 aliphatic carbocycles. The van der Waals surface area contributed by atoms with Crippen LogP contribution in [0, 0.1) is 17.8 Å². The zero-order valence-electron chi connectivity index (χ0n) is 24.7. The van der Waals surface area contributed by atoms with Crippen LogP contribution < -0.4 is 16.0 Å². The number of anilines is 1. The Balaban J connectivity index is 1.60. The van der Waals surface area contributed by atoms with Gasteiger partial charge in [-0.25, -0.2) is 0 Å². The fraction of sp³-hybridized carbons (Fsp3) is 0.581. The molecule has 4 aliphatic rings. The van der Waals surface area contributed by atoms with E-state index in [0.717, 1.165) is 44.5 Å². The van der Waals surface area contributed by atoms with E-state index in [4.69, 9.17) is 5.73 Å². The molecule has 11 nitrogen and oxygen atoms in total. The van der Waals surface area contributed by atoms with Crippen molar-refractivity contribution >= 4 is 28.9 Å². The summed E-state index contributed by atoms with van der Waals surface area (Å²) in [5.74, 6) is -5.71. The molecule has 1 aromatic rings. The second kappa shape index (κ2) is 11.0. The van der Waals surface area contributed by atoms with Crippen molar-refractivity contribution in [3.63, 3.8) is 0 Å². The molecular weight excluding hydrogens is 540 g/mol. The van der Waals surface area contributed by atoms with Gasteiger partial charge in [0.2, 0.25) is 5.78 Å². The molecule has 0 aromatic heterocycles. The van der Waals surface area contributed by atoms with E-state index in [9.17, 15) is 34.8 Å². The molecule has 228 valence electrons. The average Bonchev–Trinajstić information content (AvgIpc) is 2.92. The number of carbonyl (C=O) groups is 3. The van der Waals surface area contributed by atoms with Gasteiger partial charge in [0.25, 0.3) is 5.91 Å². The second-order valence-electron chi connectivity index (χ2n) is 12.7. The number of aliphatic hydroxyl groups is 3. The molecule has 0 radical (unpaired) electrons. The van der Waals surface area contributed by atoms with Crippen LogP contribution in [0.3, 0.4) is 0 Å². The van der Waals surface area contributed by atoms with E-state index in [1.165, 1.54) is 4.90 Å². The number of nitrogens with one attached hydrogen (secondary N) is 1. The highest BCUT2D eigenvalue weighted by atomic mass is 16.3. The van der Waals surface area contributed by atoms with E-state index in [1.807, 2.05) is 25.1 Å². The Bertz CT molecular complexity index is 1390. The minimum Gasteiger partial charge on any atom is -0.508 e. The number of aryl methyl sites for hydroxylation is 1. The molecule has 7 N–H and O–H groups in total. The molecule has 11 heteroatoms. The lowest BCUT2D eigenvalue weighted by atomic mass is 9.57. The van der Waals surface area contributed by atoms with E-state index in [1.54, 1.807) is 14.1 Å². The maximum atomic E-state index is 14.1. The number of phenols is 1. The Kier molecular flexibility index (Phi) is 7.88. The van der Waals surface area contributed by atoms with Gasteiger partial charge in [-0.3, -0.25) is 19.3 Å². The lowest BCUT2D eigenvalue weighted by Gasteiger charge is -2.50. The topological polar surface area (TPSA) is 177 Å². The van der Waals surface area contributed by atoms with E-state index >= 15 is 0 Å². The lowest BCUT2D eigenvalue weighted by Crippen LogP contribution is -2.65. The molecule has 1 saturated heterocycles. The van der Waals surface area contributed by atoms with Gasteiger partial charge >= 0.3 is 0 Å². The van der Waals surface area contributed by atoms with E-state index in [-0.39, 0.29) is 29.7 Å². The molecule has 1 heterocycles. The summed E-state index contributed by atoms with van der Waals surface area (Å²) in [4.78, 5) is 43.0.